The molecule has 0 saturated heterocycles. The van der Waals surface area contributed by atoms with Crippen LogP contribution in [0.25, 0.3) is 0 Å². The van der Waals surface area contributed by atoms with Crippen LogP contribution in [0.1, 0.15) is 38.1 Å². The first kappa shape index (κ1) is 15.6. The highest BCUT2D eigenvalue weighted by atomic mass is 15.3. The van der Waals surface area contributed by atoms with Crippen LogP contribution in [0.15, 0.2) is 30.9 Å². The van der Waals surface area contributed by atoms with Crippen LogP contribution in [0.4, 0.5) is 0 Å². The molecule has 2 rings (SSSR count). The summed E-state index contributed by atoms with van der Waals surface area (Å²) in [4.78, 5) is 8.51. The van der Waals surface area contributed by atoms with Gasteiger partial charge in [-0.3, -0.25) is 9.67 Å². The third-order valence-electron chi connectivity index (χ3n) is 3.47. The second-order valence-corrected chi connectivity index (χ2v) is 5.31. The van der Waals surface area contributed by atoms with Gasteiger partial charge >= 0.3 is 0 Å². The molecule has 0 saturated carbocycles. The average molecular weight is 287 g/mol. The minimum atomic E-state index is 0.382. The molecule has 1 N–H and O–H groups in total. The summed E-state index contributed by atoms with van der Waals surface area (Å²) in [6.45, 7) is 6.31. The quantitative estimate of drug-likeness (QED) is 0.768. The monoisotopic (exact) mass is 287 g/mol. The van der Waals surface area contributed by atoms with Crippen LogP contribution >= 0.6 is 0 Å². The molecule has 1 unspecified atom stereocenters. The van der Waals surface area contributed by atoms with Crippen molar-refractivity contribution in [1.29, 1.82) is 0 Å². The molecule has 2 aromatic heterocycles. The SMILES string of the molecule is CCCNC(Cc1ccncc1)Cc1ncnn1CCC. The summed E-state index contributed by atoms with van der Waals surface area (Å²) in [6, 6.07) is 4.54. The summed E-state index contributed by atoms with van der Waals surface area (Å²) in [5.41, 5.74) is 1.31. The first-order valence-electron chi connectivity index (χ1n) is 7.82. The molecule has 5 heteroatoms. The Kier molecular flexibility index (Phi) is 6.34. The Labute approximate surface area is 126 Å². The van der Waals surface area contributed by atoms with E-state index in [0.29, 0.717) is 6.04 Å². The Bertz CT molecular complexity index is 508. The van der Waals surface area contributed by atoms with Gasteiger partial charge < -0.3 is 5.32 Å². The van der Waals surface area contributed by atoms with Gasteiger partial charge in [0.25, 0.3) is 0 Å². The molecule has 0 bridgehead atoms. The molecule has 0 amide bonds. The number of aromatic nitrogens is 4. The van der Waals surface area contributed by atoms with Gasteiger partial charge in [0.1, 0.15) is 12.2 Å². The van der Waals surface area contributed by atoms with Crippen molar-refractivity contribution >= 4 is 0 Å². The summed E-state index contributed by atoms with van der Waals surface area (Å²) >= 11 is 0. The number of rotatable bonds is 9. The maximum atomic E-state index is 4.42. The Morgan fingerprint density at radius 3 is 2.67 bits per heavy atom. The third kappa shape index (κ3) is 4.93. The second kappa shape index (κ2) is 8.52. The molecule has 2 heterocycles. The van der Waals surface area contributed by atoms with Gasteiger partial charge in [-0.25, -0.2) is 4.98 Å². The number of pyridine rings is 1. The zero-order valence-electron chi connectivity index (χ0n) is 13.0. The number of hydrogen-bond acceptors (Lipinski definition) is 4. The van der Waals surface area contributed by atoms with Crippen molar-refractivity contribution in [2.45, 2.75) is 52.1 Å². The van der Waals surface area contributed by atoms with Gasteiger partial charge in [-0.15, -0.1) is 0 Å². The van der Waals surface area contributed by atoms with Crippen molar-refractivity contribution < 1.29 is 0 Å². The smallest absolute Gasteiger partial charge is 0.138 e. The van der Waals surface area contributed by atoms with Gasteiger partial charge in [-0.05, 0) is 43.5 Å². The Balaban J connectivity index is 2.03. The van der Waals surface area contributed by atoms with Crippen LogP contribution in [0.3, 0.4) is 0 Å². The summed E-state index contributed by atoms with van der Waals surface area (Å²) < 4.78 is 2.02. The normalized spacial score (nSPS) is 12.5. The highest BCUT2D eigenvalue weighted by Gasteiger charge is 2.14. The molecule has 0 spiro atoms. The van der Waals surface area contributed by atoms with Crippen LogP contribution in [0.5, 0.6) is 0 Å². The zero-order valence-corrected chi connectivity index (χ0v) is 13.0. The van der Waals surface area contributed by atoms with Crippen LogP contribution in [0.2, 0.25) is 0 Å². The molecule has 21 heavy (non-hydrogen) atoms. The third-order valence-corrected chi connectivity index (χ3v) is 3.47. The standard InChI is InChI=1S/C16H25N5/c1-3-7-18-15(11-14-5-8-17-9-6-14)12-16-19-13-20-21(16)10-4-2/h5-6,8-9,13,15,18H,3-4,7,10-12H2,1-2H3. The van der Waals surface area contributed by atoms with Gasteiger partial charge in [-0.1, -0.05) is 13.8 Å². The summed E-state index contributed by atoms with van der Waals surface area (Å²) in [5, 5.41) is 7.94. The lowest BCUT2D eigenvalue weighted by atomic mass is 10.0. The van der Waals surface area contributed by atoms with Crippen LogP contribution in [-0.2, 0) is 19.4 Å². The molecule has 0 fully saturated rings. The lowest BCUT2D eigenvalue weighted by Crippen LogP contribution is -2.34. The van der Waals surface area contributed by atoms with Gasteiger partial charge in [-0.2, -0.15) is 5.10 Å². The van der Waals surface area contributed by atoms with Crippen molar-refractivity contribution in [2.75, 3.05) is 6.54 Å². The van der Waals surface area contributed by atoms with Crippen LogP contribution in [0, 0.1) is 0 Å². The fourth-order valence-electron chi connectivity index (χ4n) is 2.43. The van der Waals surface area contributed by atoms with Crippen molar-refractivity contribution in [3.8, 4) is 0 Å². The fourth-order valence-corrected chi connectivity index (χ4v) is 2.43. The maximum absolute atomic E-state index is 4.42. The molecular formula is C16H25N5. The molecule has 2 aromatic rings. The van der Waals surface area contributed by atoms with E-state index in [1.165, 1.54) is 5.56 Å². The topological polar surface area (TPSA) is 55.6 Å². The molecule has 0 aliphatic rings. The minimum Gasteiger partial charge on any atom is -0.313 e. The summed E-state index contributed by atoms with van der Waals surface area (Å²) in [5.74, 6) is 1.07. The number of nitrogens with one attached hydrogen (secondary N) is 1. The van der Waals surface area contributed by atoms with Crippen molar-refractivity contribution in [2.24, 2.45) is 0 Å². The minimum absolute atomic E-state index is 0.382. The van der Waals surface area contributed by atoms with Crippen molar-refractivity contribution in [3.05, 3.63) is 42.2 Å². The van der Waals surface area contributed by atoms with E-state index in [-0.39, 0.29) is 0 Å². The first-order valence-corrected chi connectivity index (χ1v) is 7.82. The average Bonchev–Trinajstić information content (AvgIpc) is 2.93. The molecule has 5 nitrogen and oxygen atoms in total. The summed E-state index contributed by atoms with van der Waals surface area (Å²) in [6.07, 6.45) is 9.47. The lowest BCUT2D eigenvalue weighted by molar-refractivity contribution is 0.472. The first-order chi connectivity index (χ1) is 10.3. The molecule has 0 aromatic carbocycles. The van der Waals surface area contributed by atoms with E-state index in [1.54, 1.807) is 6.33 Å². The van der Waals surface area contributed by atoms with Gasteiger partial charge in [0.2, 0.25) is 0 Å². The molecule has 0 aliphatic heterocycles. The predicted octanol–water partition coefficient (Wildman–Crippen LogP) is 2.24. The number of hydrogen-bond donors (Lipinski definition) is 1. The van der Waals surface area contributed by atoms with Crippen molar-refractivity contribution in [3.63, 3.8) is 0 Å². The van der Waals surface area contributed by atoms with Crippen LogP contribution in [-0.4, -0.2) is 32.3 Å². The number of nitrogens with zero attached hydrogens (tertiary/aromatic N) is 4. The highest BCUT2D eigenvalue weighted by Crippen LogP contribution is 2.08. The Morgan fingerprint density at radius 2 is 1.95 bits per heavy atom. The maximum Gasteiger partial charge on any atom is 0.138 e. The zero-order chi connectivity index (χ0) is 14.9. The molecule has 114 valence electrons. The molecule has 0 aliphatic carbocycles. The second-order valence-electron chi connectivity index (χ2n) is 5.31. The van der Waals surface area contributed by atoms with E-state index >= 15 is 0 Å². The van der Waals surface area contributed by atoms with E-state index in [4.69, 9.17) is 0 Å². The van der Waals surface area contributed by atoms with Crippen LogP contribution < -0.4 is 5.32 Å². The van der Waals surface area contributed by atoms with Crippen molar-refractivity contribution in [1.82, 2.24) is 25.1 Å². The van der Waals surface area contributed by atoms with E-state index in [9.17, 15) is 0 Å². The van der Waals surface area contributed by atoms with Gasteiger partial charge in [0, 0.05) is 31.4 Å². The summed E-state index contributed by atoms with van der Waals surface area (Å²) in [7, 11) is 0. The van der Waals surface area contributed by atoms with Gasteiger partial charge in [0.05, 0.1) is 0 Å². The molecular weight excluding hydrogens is 262 g/mol. The van der Waals surface area contributed by atoms with E-state index < -0.39 is 0 Å². The van der Waals surface area contributed by atoms with E-state index in [2.05, 4.69) is 46.4 Å². The van der Waals surface area contributed by atoms with E-state index in [1.807, 2.05) is 17.1 Å². The fraction of sp³-hybridized carbons (Fsp3) is 0.562. The Hall–Kier alpha value is -1.75. The number of aryl methyl sites for hydroxylation is 1. The molecule has 0 radical (unpaired) electrons. The van der Waals surface area contributed by atoms with E-state index in [0.717, 1.165) is 44.6 Å². The molecule has 1 atom stereocenters. The largest absolute Gasteiger partial charge is 0.313 e. The van der Waals surface area contributed by atoms with Gasteiger partial charge in [0.15, 0.2) is 0 Å². The Morgan fingerprint density at radius 1 is 1.14 bits per heavy atom. The predicted molar refractivity (Wildman–Crippen MR) is 84.0 cm³/mol. The highest BCUT2D eigenvalue weighted by molar-refractivity contribution is 5.12. The lowest BCUT2D eigenvalue weighted by Gasteiger charge is -2.18.